The minimum Gasteiger partial charge on any atom is -0.480 e. The minimum absolute atomic E-state index is 0.0504. The summed E-state index contributed by atoms with van der Waals surface area (Å²) in [6.45, 7) is 3.44. The lowest BCUT2D eigenvalue weighted by Gasteiger charge is -2.18. The van der Waals surface area contributed by atoms with E-state index in [0.29, 0.717) is 12.8 Å². The molecular formula is C41H74N2O7. The Labute approximate surface area is 304 Å². The highest BCUT2D eigenvalue weighted by atomic mass is 16.5. The van der Waals surface area contributed by atoms with E-state index in [-0.39, 0.29) is 30.9 Å². The van der Waals surface area contributed by atoms with Gasteiger partial charge in [0.1, 0.15) is 12.1 Å². The zero-order valence-corrected chi connectivity index (χ0v) is 31.9. The van der Waals surface area contributed by atoms with E-state index in [1.165, 1.54) is 83.5 Å². The number of carbonyl (C=O) groups is 4. The number of amides is 2. The molecule has 0 saturated carbocycles. The largest absolute Gasteiger partial charge is 0.480 e. The Bertz CT molecular complexity index is 905. The molecule has 0 rings (SSSR count). The smallest absolute Gasteiger partial charge is 0.328 e. The van der Waals surface area contributed by atoms with Crippen LogP contribution in [0, 0.1) is 0 Å². The van der Waals surface area contributed by atoms with Gasteiger partial charge in [0, 0.05) is 12.8 Å². The van der Waals surface area contributed by atoms with Crippen molar-refractivity contribution in [2.24, 2.45) is 0 Å². The van der Waals surface area contributed by atoms with E-state index in [1.807, 2.05) is 0 Å². The van der Waals surface area contributed by atoms with E-state index >= 15 is 0 Å². The summed E-state index contributed by atoms with van der Waals surface area (Å²) in [5.74, 6) is -2.32. The Kier molecular flexibility index (Phi) is 34.2. The summed E-state index contributed by atoms with van der Waals surface area (Å²) >= 11 is 0. The first-order valence-corrected chi connectivity index (χ1v) is 20.2. The van der Waals surface area contributed by atoms with Crippen LogP contribution in [0.1, 0.15) is 187 Å². The SMILES string of the molecule is CCCCCCC/C=C\C/C=C\CCCC(CCCCCCCC(=O)NCC(=O)NC(CO)C(=O)O)OC(=O)CCCCCCCCCCC. The highest BCUT2D eigenvalue weighted by molar-refractivity contribution is 5.87. The summed E-state index contributed by atoms with van der Waals surface area (Å²) in [7, 11) is 0. The molecule has 0 aromatic heterocycles. The maximum atomic E-state index is 12.7. The molecule has 2 atom stereocenters. The lowest BCUT2D eigenvalue weighted by atomic mass is 10.0. The number of carboxylic acid groups (broad SMARTS) is 1. The van der Waals surface area contributed by atoms with E-state index in [2.05, 4.69) is 48.8 Å². The van der Waals surface area contributed by atoms with Gasteiger partial charge in [-0.2, -0.15) is 0 Å². The van der Waals surface area contributed by atoms with E-state index in [9.17, 15) is 19.2 Å². The summed E-state index contributed by atoms with van der Waals surface area (Å²) < 4.78 is 5.97. The number of hydrogen-bond acceptors (Lipinski definition) is 6. The van der Waals surface area contributed by atoms with Gasteiger partial charge in [-0.1, -0.05) is 134 Å². The highest BCUT2D eigenvalue weighted by Gasteiger charge is 2.19. The third kappa shape index (κ3) is 32.5. The van der Waals surface area contributed by atoms with Gasteiger partial charge in [0.2, 0.25) is 11.8 Å². The molecule has 0 bridgehead atoms. The Morgan fingerprint density at radius 2 is 1.10 bits per heavy atom. The Morgan fingerprint density at radius 1 is 0.600 bits per heavy atom. The fourth-order valence-electron chi connectivity index (χ4n) is 5.81. The number of aliphatic hydroxyl groups excluding tert-OH is 1. The van der Waals surface area contributed by atoms with Gasteiger partial charge >= 0.3 is 11.9 Å². The maximum absolute atomic E-state index is 12.7. The number of ether oxygens (including phenoxy) is 1. The summed E-state index contributed by atoms with van der Waals surface area (Å²) in [5.41, 5.74) is 0. The summed E-state index contributed by atoms with van der Waals surface area (Å²) in [6.07, 6.45) is 37.7. The van der Waals surface area contributed by atoms with Crippen LogP contribution in [0.5, 0.6) is 0 Å². The molecule has 2 amide bonds. The number of hydrogen-bond donors (Lipinski definition) is 4. The van der Waals surface area contributed by atoms with E-state index in [1.54, 1.807) is 0 Å². The molecule has 0 aliphatic heterocycles. The van der Waals surface area contributed by atoms with Gasteiger partial charge in [0.15, 0.2) is 0 Å². The molecule has 290 valence electrons. The predicted octanol–water partition coefficient (Wildman–Crippen LogP) is 9.26. The Hall–Kier alpha value is -2.68. The van der Waals surface area contributed by atoms with Crippen LogP contribution in [0.25, 0.3) is 0 Å². The number of rotatable bonds is 36. The van der Waals surface area contributed by atoms with Crippen molar-refractivity contribution in [2.45, 2.75) is 199 Å². The zero-order chi connectivity index (χ0) is 36.9. The number of aliphatic hydroxyl groups is 1. The predicted molar refractivity (Wildman–Crippen MR) is 204 cm³/mol. The van der Waals surface area contributed by atoms with Crippen LogP contribution in [-0.4, -0.2) is 59.3 Å². The Balaban J connectivity index is 4.37. The second kappa shape index (κ2) is 36.1. The minimum atomic E-state index is -1.38. The van der Waals surface area contributed by atoms with Crippen LogP contribution in [-0.2, 0) is 23.9 Å². The average Bonchev–Trinajstić information content (AvgIpc) is 3.10. The van der Waals surface area contributed by atoms with Crippen molar-refractivity contribution in [1.82, 2.24) is 10.6 Å². The van der Waals surface area contributed by atoms with Crippen LogP contribution >= 0.6 is 0 Å². The number of carbonyl (C=O) groups excluding carboxylic acids is 3. The number of esters is 1. The normalized spacial score (nSPS) is 12.7. The van der Waals surface area contributed by atoms with Crippen LogP contribution in [0.2, 0.25) is 0 Å². The first-order valence-electron chi connectivity index (χ1n) is 20.2. The molecule has 0 radical (unpaired) electrons. The van der Waals surface area contributed by atoms with Crippen molar-refractivity contribution in [3.05, 3.63) is 24.3 Å². The van der Waals surface area contributed by atoms with Crippen LogP contribution in [0.3, 0.4) is 0 Å². The van der Waals surface area contributed by atoms with Gasteiger partial charge in [0.05, 0.1) is 13.2 Å². The molecule has 4 N–H and O–H groups in total. The van der Waals surface area contributed by atoms with Crippen molar-refractivity contribution in [3.63, 3.8) is 0 Å². The van der Waals surface area contributed by atoms with Crippen molar-refractivity contribution in [2.75, 3.05) is 13.2 Å². The number of carboxylic acids is 1. The van der Waals surface area contributed by atoms with Gasteiger partial charge in [0.25, 0.3) is 0 Å². The first kappa shape index (κ1) is 47.3. The second-order valence-corrected chi connectivity index (χ2v) is 13.7. The van der Waals surface area contributed by atoms with Gasteiger partial charge in [-0.05, 0) is 64.2 Å². The monoisotopic (exact) mass is 707 g/mol. The number of nitrogens with one attached hydrogen (secondary N) is 2. The fourth-order valence-corrected chi connectivity index (χ4v) is 5.81. The maximum Gasteiger partial charge on any atom is 0.328 e. The molecule has 0 spiro atoms. The lowest BCUT2D eigenvalue weighted by Crippen LogP contribution is -2.47. The standard InChI is InChI=1S/C41H74N2O7/c1-3-5-7-9-11-13-14-15-16-18-19-22-26-30-36(50-40(47)33-29-25-20-17-12-10-8-6-4-2)31-27-23-21-24-28-32-38(45)42-34-39(46)43-37(35-44)41(48)49/h14-15,18-19,36-37,44H,3-13,16-17,20-35H2,1-2H3,(H,42,45)(H,43,46)(H,48,49)/b15-14-,19-18-. The molecule has 0 fully saturated rings. The second-order valence-electron chi connectivity index (χ2n) is 13.7. The molecule has 2 unspecified atom stereocenters. The topological polar surface area (TPSA) is 142 Å². The quantitative estimate of drug-likeness (QED) is 0.0289. The molecule has 0 aromatic carbocycles. The van der Waals surface area contributed by atoms with Crippen LogP contribution in [0.4, 0.5) is 0 Å². The van der Waals surface area contributed by atoms with Crippen molar-refractivity contribution in [3.8, 4) is 0 Å². The average molecular weight is 707 g/mol. The molecule has 0 aliphatic rings. The summed E-state index contributed by atoms with van der Waals surface area (Å²) in [5, 5.41) is 22.5. The lowest BCUT2D eigenvalue weighted by molar-refractivity contribution is -0.150. The number of unbranched alkanes of at least 4 members (excludes halogenated alkanes) is 18. The molecule has 9 nitrogen and oxygen atoms in total. The molecule has 9 heteroatoms. The van der Waals surface area contributed by atoms with E-state index in [4.69, 9.17) is 14.9 Å². The third-order valence-corrected chi connectivity index (χ3v) is 8.95. The van der Waals surface area contributed by atoms with Crippen molar-refractivity contribution >= 4 is 23.8 Å². The number of allylic oxidation sites excluding steroid dienone is 4. The molecule has 0 aliphatic carbocycles. The summed E-state index contributed by atoms with van der Waals surface area (Å²) in [4.78, 5) is 47.4. The van der Waals surface area contributed by atoms with Gasteiger partial charge in [-0.3, -0.25) is 14.4 Å². The van der Waals surface area contributed by atoms with E-state index < -0.39 is 24.5 Å². The first-order chi connectivity index (χ1) is 24.3. The van der Waals surface area contributed by atoms with Gasteiger partial charge in [-0.15, -0.1) is 0 Å². The molecule has 0 saturated heterocycles. The van der Waals surface area contributed by atoms with E-state index in [0.717, 1.165) is 70.6 Å². The molecular weight excluding hydrogens is 632 g/mol. The third-order valence-electron chi connectivity index (χ3n) is 8.95. The van der Waals surface area contributed by atoms with Crippen molar-refractivity contribution in [1.29, 1.82) is 0 Å². The summed E-state index contributed by atoms with van der Waals surface area (Å²) in [6, 6.07) is -1.38. The zero-order valence-electron chi connectivity index (χ0n) is 31.9. The van der Waals surface area contributed by atoms with Crippen molar-refractivity contribution < 1.29 is 34.1 Å². The van der Waals surface area contributed by atoms with Gasteiger partial charge < -0.3 is 25.6 Å². The van der Waals surface area contributed by atoms with Gasteiger partial charge in [-0.25, -0.2) is 4.79 Å². The fraction of sp³-hybridized carbons (Fsp3) is 0.805. The Morgan fingerprint density at radius 3 is 1.68 bits per heavy atom. The number of aliphatic carboxylic acids is 1. The highest BCUT2D eigenvalue weighted by Crippen LogP contribution is 2.18. The van der Waals surface area contributed by atoms with Crippen LogP contribution < -0.4 is 10.6 Å². The molecule has 0 heterocycles. The van der Waals surface area contributed by atoms with Crippen LogP contribution in [0.15, 0.2) is 24.3 Å². The molecule has 50 heavy (non-hydrogen) atoms. The molecule has 0 aromatic rings.